The predicted octanol–water partition coefficient (Wildman–Crippen LogP) is 5.73. The summed E-state index contributed by atoms with van der Waals surface area (Å²) in [5.41, 5.74) is 10.0. The summed E-state index contributed by atoms with van der Waals surface area (Å²) in [5.74, 6) is 0. The van der Waals surface area contributed by atoms with Crippen molar-refractivity contribution in [2.45, 2.75) is 32.1 Å². The molecule has 0 unspecified atom stereocenters. The Morgan fingerprint density at radius 3 is 1.97 bits per heavy atom. The predicted molar refractivity (Wildman–Crippen MR) is 143 cm³/mol. The van der Waals surface area contributed by atoms with Crippen molar-refractivity contribution in [1.29, 1.82) is 0 Å². The van der Waals surface area contributed by atoms with E-state index in [-0.39, 0.29) is 17.9 Å². The molecular weight excluding hydrogens is 609 g/mol. The Morgan fingerprint density at radius 2 is 1.35 bits per heavy atom. The quantitative estimate of drug-likeness (QED) is 0.252. The summed E-state index contributed by atoms with van der Waals surface area (Å²) in [6.45, 7) is 5.84. The normalized spacial score (nSPS) is 19.9. The third-order valence-electron chi connectivity index (χ3n) is 7.09. The Bertz CT molecular complexity index is 1160. The van der Waals surface area contributed by atoms with Gasteiger partial charge >= 0.3 is 7.12 Å². The van der Waals surface area contributed by atoms with E-state index in [1.807, 2.05) is 0 Å². The molecule has 0 radical (unpaired) electrons. The number of halogens is 2. The second kappa shape index (κ2) is 7.30. The lowest BCUT2D eigenvalue weighted by atomic mass is 9.74. The van der Waals surface area contributed by atoms with Crippen molar-refractivity contribution < 1.29 is 9.31 Å². The van der Waals surface area contributed by atoms with Gasteiger partial charge in [-0.2, -0.15) is 0 Å². The van der Waals surface area contributed by atoms with Crippen LogP contribution in [0.25, 0.3) is 11.1 Å². The highest BCUT2D eigenvalue weighted by molar-refractivity contribution is 14.1. The van der Waals surface area contributed by atoms with Gasteiger partial charge in [-0.1, -0.05) is 62.4 Å². The van der Waals surface area contributed by atoms with Gasteiger partial charge in [0.05, 0.1) is 0 Å². The van der Waals surface area contributed by atoms with Gasteiger partial charge < -0.3 is 9.31 Å². The van der Waals surface area contributed by atoms with Gasteiger partial charge in [0.1, 0.15) is 0 Å². The van der Waals surface area contributed by atoms with Crippen molar-refractivity contribution in [2.75, 3.05) is 13.2 Å². The lowest BCUT2D eigenvalue weighted by molar-refractivity contribution is 0.0342. The molecule has 0 amide bonds. The standard InChI is InChI=1S/C26H23BI2O2/c1-25(2)14-30-27(31-15-25)22-11-23(28)18-12-26(13-19(18)24(22)29)20-9-5-3-7-16(20)17-8-4-6-10-21(17)26/h3-11H,12-15H2,1-2H3. The third kappa shape index (κ3) is 3.10. The van der Waals surface area contributed by atoms with Crippen LogP contribution in [-0.4, -0.2) is 20.3 Å². The van der Waals surface area contributed by atoms with Gasteiger partial charge in [-0.05, 0) is 103 Å². The summed E-state index contributed by atoms with van der Waals surface area (Å²) >= 11 is 5.07. The van der Waals surface area contributed by atoms with E-state index in [9.17, 15) is 0 Å². The maximum atomic E-state index is 6.17. The van der Waals surface area contributed by atoms with E-state index < -0.39 is 0 Å². The molecule has 1 spiro atoms. The monoisotopic (exact) mass is 632 g/mol. The molecule has 0 aromatic heterocycles. The fourth-order valence-corrected chi connectivity index (χ4v) is 7.40. The van der Waals surface area contributed by atoms with Gasteiger partial charge in [-0.15, -0.1) is 0 Å². The Kier molecular flexibility index (Phi) is 4.88. The molecule has 3 aromatic carbocycles. The Hall–Kier alpha value is -0.895. The van der Waals surface area contributed by atoms with Crippen molar-refractivity contribution >= 4 is 57.8 Å². The van der Waals surface area contributed by atoms with Crippen LogP contribution in [0.2, 0.25) is 0 Å². The fraction of sp³-hybridized carbons (Fsp3) is 0.308. The van der Waals surface area contributed by atoms with Crippen molar-refractivity contribution in [1.82, 2.24) is 0 Å². The zero-order chi connectivity index (χ0) is 21.4. The summed E-state index contributed by atoms with van der Waals surface area (Å²) in [4.78, 5) is 0. The van der Waals surface area contributed by atoms with Crippen molar-refractivity contribution in [2.24, 2.45) is 5.41 Å². The molecule has 0 atom stereocenters. The first-order valence-electron chi connectivity index (χ1n) is 10.8. The van der Waals surface area contributed by atoms with Gasteiger partial charge in [0, 0.05) is 31.2 Å². The van der Waals surface area contributed by atoms with Crippen LogP contribution in [-0.2, 0) is 27.6 Å². The highest BCUT2D eigenvalue weighted by atomic mass is 127. The molecule has 31 heavy (non-hydrogen) atoms. The van der Waals surface area contributed by atoms with Crippen LogP contribution in [0.3, 0.4) is 0 Å². The number of rotatable bonds is 1. The minimum Gasteiger partial charge on any atom is -0.407 e. The van der Waals surface area contributed by atoms with Crippen LogP contribution in [0.1, 0.15) is 36.1 Å². The van der Waals surface area contributed by atoms with Gasteiger partial charge in [0.25, 0.3) is 0 Å². The molecule has 2 aliphatic carbocycles. The third-order valence-corrected chi connectivity index (χ3v) is 9.33. The average molecular weight is 632 g/mol. The Morgan fingerprint density at radius 1 is 0.806 bits per heavy atom. The maximum Gasteiger partial charge on any atom is 0.495 e. The van der Waals surface area contributed by atoms with Crippen LogP contribution in [0.5, 0.6) is 0 Å². The molecular formula is C26H23BI2O2. The van der Waals surface area contributed by atoms with E-state index in [1.165, 1.54) is 46.0 Å². The molecule has 1 saturated heterocycles. The van der Waals surface area contributed by atoms with E-state index in [0.717, 1.165) is 26.1 Å². The highest BCUT2D eigenvalue weighted by Gasteiger charge is 2.49. The fourth-order valence-electron chi connectivity index (χ4n) is 5.62. The van der Waals surface area contributed by atoms with E-state index in [2.05, 4.69) is 114 Å². The van der Waals surface area contributed by atoms with Crippen molar-refractivity contribution in [3.63, 3.8) is 0 Å². The van der Waals surface area contributed by atoms with Crippen LogP contribution in [0.4, 0.5) is 0 Å². The van der Waals surface area contributed by atoms with E-state index in [1.54, 1.807) is 0 Å². The minimum atomic E-state index is -0.265. The molecule has 3 aliphatic rings. The summed E-state index contributed by atoms with van der Waals surface area (Å²) in [5, 5.41) is 0. The second-order valence-corrected chi connectivity index (χ2v) is 12.1. The van der Waals surface area contributed by atoms with Gasteiger partial charge in [0.2, 0.25) is 0 Å². The maximum absolute atomic E-state index is 6.17. The summed E-state index contributed by atoms with van der Waals surface area (Å²) in [6, 6.07) is 20.3. The first-order chi connectivity index (χ1) is 14.9. The van der Waals surface area contributed by atoms with Gasteiger partial charge in [-0.3, -0.25) is 0 Å². The van der Waals surface area contributed by atoms with Crippen molar-refractivity contribution in [3.05, 3.63) is 84.0 Å². The average Bonchev–Trinajstić information content (AvgIpc) is 3.30. The van der Waals surface area contributed by atoms with E-state index >= 15 is 0 Å². The van der Waals surface area contributed by atoms with E-state index in [0.29, 0.717) is 0 Å². The molecule has 2 nitrogen and oxygen atoms in total. The zero-order valence-corrected chi connectivity index (χ0v) is 22.0. The summed E-state index contributed by atoms with van der Waals surface area (Å²) in [7, 11) is -0.265. The van der Waals surface area contributed by atoms with Gasteiger partial charge in [-0.25, -0.2) is 0 Å². The molecule has 0 saturated carbocycles. The SMILES string of the molecule is CC1(C)COB(c2cc(I)c3c(c2I)CC2(C3)c3ccccc3-c3ccccc32)OC1. The molecule has 1 aliphatic heterocycles. The first-order valence-corrected chi connectivity index (χ1v) is 13.0. The van der Waals surface area contributed by atoms with Crippen LogP contribution in [0, 0.1) is 12.6 Å². The molecule has 0 N–H and O–H groups in total. The molecule has 156 valence electrons. The largest absolute Gasteiger partial charge is 0.495 e. The second-order valence-electron chi connectivity index (χ2n) is 9.86. The molecule has 5 heteroatoms. The minimum absolute atomic E-state index is 0.0320. The van der Waals surface area contributed by atoms with Gasteiger partial charge in [0.15, 0.2) is 0 Å². The number of benzene rings is 3. The number of fused-ring (bicyclic) bond motifs is 6. The van der Waals surface area contributed by atoms with Crippen LogP contribution < -0.4 is 5.46 Å². The molecule has 6 rings (SSSR count). The lowest BCUT2D eigenvalue weighted by Gasteiger charge is -2.33. The van der Waals surface area contributed by atoms with E-state index in [4.69, 9.17) is 9.31 Å². The van der Waals surface area contributed by atoms with Crippen LogP contribution >= 0.6 is 45.2 Å². The number of hydrogen-bond donors (Lipinski definition) is 0. The number of hydrogen-bond acceptors (Lipinski definition) is 2. The molecule has 3 aromatic rings. The smallest absolute Gasteiger partial charge is 0.407 e. The Balaban J connectivity index is 1.46. The highest BCUT2D eigenvalue weighted by Crippen LogP contribution is 2.56. The topological polar surface area (TPSA) is 18.5 Å². The van der Waals surface area contributed by atoms with Crippen LogP contribution in [0.15, 0.2) is 54.6 Å². The summed E-state index contributed by atoms with van der Waals surface area (Å²) < 4.78 is 15.0. The molecule has 1 heterocycles. The Labute approximate surface area is 211 Å². The molecule has 0 bridgehead atoms. The van der Waals surface area contributed by atoms with Crippen molar-refractivity contribution in [3.8, 4) is 11.1 Å². The lowest BCUT2D eigenvalue weighted by Crippen LogP contribution is -2.48. The molecule has 1 fully saturated rings. The zero-order valence-electron chi connectivity index (χ0n) is 17.7. The first kappa shape index (κ1) is 20.7. The summed E-state index contributed by atoms with van der Waals surface area (Å²) in [6.07, 6.45) is 2.10.